The van der Waals surface area contributed by atoms with Gasteiger partial charge in [-0.25, -0.2) is 0 Å². The van der Waals surface area contributed by atoms with Crippen molar-refractivity contribution in [1.29, 1.82) is 0 Å². The van der Waals surface area contributed by atoms with Crippen LogP contribution in [0.4, 0.5) is 0 Å². The van der Waals surface area contributed by atoms with Crippen LogP contribution >= 0.6 is 11.6 Å². The summed E-state index contributed by atoms with van der Waals surface area (Å²) in [6.07, 6.45) is 0.974. The first-order valence-electron chi connectivity index (χ1n) is 12.4. The third-order valence-corrected chi connectivity index (χ3v) is 8.30. The number of aryl methyl sites for hydroxylation is 1. The molecule has 3 heterocycles. The average Bonchev–Trinajstić information content (AvgIpc) is 3.29. The second-order valence-corrected chi connectivity index (χ2v) is 10.3. The quantitative estimate of drug-likeness (QED) is 0.398. The van der Waals surface area contributed by atoms with Gasteiger partial charge in [-0.2, -0.15) is 0 Å². The van der Waals surface area contributed by atoms with Crippen LogP contribution in [0.2, 0.25) is 5.02 Å². The summed E-state index contributed by atoms with van der Waals surface area (Å²) in [5, 5.41) is 1.69. The Balaban J connectivity index is 1.50. The molecule has 6 heteroatoms. The van der Waals surface area contributed by atoms with Crippen LogP contribution < -0.4 is 0 Å². The highest BCUT2D eigenvalue weighted by molar-refractivity contribution is 6.31. The van der Waals surface area contributed by atoms with Crippen molar-refractivity contribution >= 4 is 34.3 Å². The number of aromatic nitrogens is 1. The highest BCUT2D eigenvalue weighted by Gasteiger charge is 2.56. The molecule has 0 bridgehead atoms. The van der Waals surface area contributed by atoms with Crippen LogP contribution in [0.25, 0.3) is 10.9 Å². The molecule has 0 radical (unpaired) electrons. The Morgan fingerprint density at radius 3 is 2.47 bits per heavy atom. The normalized spacial score (nSPS) is 21.6. The fourth-order valence-corrected chi connectivity index (χ4v) is 6.12. The molecule has 3 aromatic carbocycles. The molecule has 2 atom stereocenters. The first kappa shape index (κ1) is 22.9. The van der Waals surface area contributed by atoms with Gasteiger partial charge in [-0.05, 0) is 47.7 Å². The number of para-hydroxylation sites is 1. The van der Waals surface area contributed by atoms with Crippen LogP contribution in [0.3, 0.4) is 0 Å². The molecule has 1 saturated heterocycles. The van der Waals surface area contributed by atoms with Gasteiger partial charge in [0.2, 0.25) is 5.91 Å². The first-order valence-corrected chi connectivity index (χ1v) is 12.8. The number of rotatable bonds is 4. The number of benzene rings is 3. The predicted molar refractivity (Wildman–Crippen MR) is 142 cm³/mol. The lowest BCUT2D eigenvalue weighted by molar-refractivity contribution is -0.166. The number of carbonyl (C=O) groups is 2. The number of nitrogens with one attached hydrogen (secondary N) is 1. The van der Waals surface area contributed by atoms with Crippen LogP contribution in [0, 0.1) is 0 Å². The largest absolute Gasteiger partial charge is 0.356 e. The van der Waals surface area contributed by atoms with Gasteiger partial charge < -0.3 is 14.8 Å². The SMILES string of the molecule is CCc1ccc(C2CN3C(=O)CN(Cc4ccccc4Cl)C(=O)[C@]3(C)c3[nH]c4ccccc4c32)cc1. The van der Waals surface area contributed by atoms with E-state index in [-0.39, 0.29) is 24.3 Å². The molecular weight excluding hydrogens is 470 g/mol. The van der Waals surface area contributed by atoms with Crippen molar-refractivity contribution in [3.63, 3.8) is 0 Å². The summed E-state index contributed by atoms with van der Waals surface area (Å²) < 4.78 is 0. The van der Waals surface area contributed by atoms with Crippen molar-refractivity contribution in [2.45, 2.75) is 38.3 Å². The smallest absolute Gasteiger partial charge is 0.255 e. The van der Waals surface area contributed by atoms with Gasteiger partial charge in [-0.15, -0.1) is 0 Å². The maximum absolute atomic E-state index is 14.2. The number of halogens is 1. The van der Waals surface area contributed by atoms with E-state index in [0.29, 0.717) is 18.1 Å². The van der Waals surface area contributed by atoms with E-state index < -0.39 is 5.54 Å². The Bertz CT molecular complexity index is 1490. The summed E-state index contributed by atoms with van der Waals surface area (Å²) in [5.41, 5.74) is 5.03. The number of fused-ring (bicyclic) bond motifs is 5. The predicted octanol–water partition coefficient (Wildman–Crippen LogP) is 5.62. The average molecular weight is 498 g/mol. The fraction of sp³-hybridized carbons (Fsp3) is 0.267. The molecule has 5 nitrogen and oxygen atoms in total. The van der Waals surface area contributed by atoms with E-state index in [1.807, 2.05) is 49.4 Å². The molecule has 36 heavy (non-hydrogen) atoms. The highest BCUT2D eigenvalue weighted by Crippen LogP contribution is 2.48. The van der Waals surface area contributed by atoms with Crippen molar-refractivity contribution in [2.24, 2.45) is 0 Å². The summed E-state index contributed by atoms with van der Waals surface area (Å²) >= 11 is 6.40. The third-order valence-electron chi connectivity index (χ3n) is 7.93. The molecule has 2 aliphatic rings. The van der Waals surface area contributed by atoms with Crippen molar-refractivity contribution in [2.75, 3.05) is 13.1 Å². The monoisotopic (exact) mass is 497 g/mol. The van der Waals surface area contributed by atoms with E-state index in [0.717, 1.165) is 39.7 Å². The highest BCUT2D eigenvalue weighted by atomic mass is 35.5. The maximum atomic E-state index is 14.2. The Kier molecular flexibility index (Phi) is 5.41. The standard InChI is InChI=1S/C30H28ClN3O2/c1-3-19-12-14-20(15-13-19)23-17-34-26(35)18-33(16-21-8-4-6-10-24(21)31)29(36)30(34,2)28-27(23)22-9-5-7-11-25(22)32-28/h4-15,23,32H,3,16-18H2,1-2H3/t23?,30-/m0/s1. The van der Waals surface area contributed by atoms with E-state index in [9.17, 15) is 9.59 Å². The number of piperazine rings is 1. The second kappa shape index (κ2) is 8.52. The van der Waals surface area contributed by atoms with Crippen LogP contribution in [-0.2, 0) is 28.1 Å². The van der Waals surface area contributed by atoms with E-state index in [2.05, 4.69) is 42.2 Å². The number of carbonyl (C=O) groups excluding carboxylic acids is 2. The second-order valence-electron chi connectivity index (χ2n) is 9.94. The van der Waals surface area contributed by atoms with Crippen LogP contribution in [0.1, 0.15) is 47.7 Å². The molecular formula is C30H28ClN3O2. The number of aromatic amines is 1. The summed E-state index contributed by atoms with van der Waals surface area (Å²) in [6.45, 7) is 4.82. The molecule has 2 amide bonds. The molecule has 0 saturated carbocycles. The fourth-order valence-electron chi connectivity index (χ4n) is 5.92. The minimum atomic E-state index is -1.12. The van der Waals surface area contributed by atoms with Crippen LogP contribution in [0.15, 0.2) is 72.8 Å². The van der Waals surface area contributed by atoms with Crippen molar-refractivity contribution in [3.05, 3.63) is 106 Å². The topological polar surface area (TPSA) is 56.4 Å². The van der Waals surface area contributed by atoms with Gasteiger partial charge in [0, 0.05) is 34.9 Å². The number of hydrogen-bond acceptors (Lipinski definition) is 2. The minimum absolute atomic E-state index is 0.0259. The van der Waals surface area contributed by atoms with Crippen molar-refractivity contribution < 1.29 is 9.59 Å². The van der Waals surface area contributed by atoms with Gasteiger partial charge in [0.05, 0.1) is 5.69 Å². The van der Waals surface area contributed by atoms with Crippen molar-refractivity contribution in [1.82, 2.24) is 14.8 Å². The zero-order valence-electron chi connectivity index (χ0n) is 20.4. The van der Waals surface area contributed by atoms with E-state index in [1.54, 1.807) is 9.80 Å². The van der Waals surface area contributed by atoms with E-state index in [1.165, 1.54) is 5.56 Å². The van der Waals surface area contributed by atoms with Crippen molar-refractivity contribution in [3.8, 4) is 0 Å². The molecule has 0 spiro atoms. The molecule has 1 N–H and O–H groups in total. The molecule has 6 rings (SSSR count). The van der Waals surface area contributed by atoms with E-state index >= 15 is 0 Å². The van der Waals surface area contributed by atoms with Gasteiger partial charge in [-0.3, -0.25) is 9.59 Å². The first-order chi connectivity index (χ1) is 17.4. The number of hydrogen-bond donors (Lipinski definition) is 1. The Hall–Kier alpha value is -3.57. The van der Waals surface area contributed by atoms with Crippen LogP contribution in [-0.4, -0.2) is 39.7 Å². The molecule has 1 unspecified atom stereocenters. The van der Waals surface area contributed by atoms with E-state index in [4.69, 9.17) is 11.6 Å². The lowest BCUT2D eigenvalue weighted by Gasteiger charge is -2.51. The lowest BCUT2D eigenvalue weighted by Crippen LogP contribution is -2.67. The van der Waals surface area contributed by atoms with Gasteiger partial charge >= 0.3 is 0 Å². The summed E-state index contributed by atoms with van der Waals surface area (Å²) in [5.74, 6) is -0.166. The van der Waals surface area contributed by atoms with Crippen LogP contribution in [0.5, 0.6) is 0 Å². The zero-order valence-corrected chi connectivity index (χ0v) is 21.2. The molecule has 1 aromatic heterocycles. The molecule has 182 valence electrons. The summed E-state index contributed by atoms with van der Waals surface area (Å²) in [7, 11) is 0. The Morgan fingerprint density at radius 2 is 1.72 bits per heavy atom. The Labute approximate surface area is 215 Å². The lowest BCUT2D eigenvalue weighted by atomic mass is 9.76. The number of nitrogens with zero attached hydrogens (tertiary/aromatic N) is 2. The van der Waals surface area contributed by atoms with Gasteiger partial charge in [-0.1, -0.05) is 79.2 Å². The molecule has 0 aliphatic carbocycles. The van der Waals surface area contributed by atoms with Gasteiger partial charge in [0.1, 0.15) is 6.54 Å². The van der Waals surface area contributed by atoms with Gasteiger partial charge in [0.25, 0.3) is 5.91 Å². The molecule has 2 aliphatic heterocycles. The third kappa shape index (κ3) is 3.37. The Morgan fingerprint density at radius 1 is 1.00 bits per heavy atom. The summed E-state index contributed by atoms with van der Waals surface area (Å²) in [4.78, 5) is 34.8. The zero-order chi connectivity index (χ0) is 25.0. The number of H-pyrrole nitrogens is 1. The van der Waals surface area contributed by atoms with Gasteiger partial charge in [0.15, 0.2) is 5.54 Å². The molecule has 1 fully saturated rings. The maximum Gasteiger partial charge on any atom is 0.255 e. The number of amides is 2. The minimum Gasteiger partial charge on any atom is -0.356 e. The molecule has 4 aromatic rings. The summed E-state index contributed by atoms with van der Waals surface area (Å²) in [6, 6.07) is 24.3.